The van der Waals surface area contributed by atoms with Crippen molar-refractivity contribution in [3.05, 3.63) is 23.8 Å². The molecule has 0 aromatic heterocycles. The third-order valence-corrected chi connectivity index (χ3v) is 4.81. The van der Waals surface area contributed by atoms with Crippen LogP contribution in [0.1, 0.15) is 48.0 Å². The van der Waals surface area contributed by atoms with Crippen molar-refractivity contribution in [2.75, 3.05) is 7.11 Å². The smallest absolute Gasteiger partial charge is 0.316 e. The van der Waals surface area contributed by atoms with Crippen LogP contribution < -0.4 is 0 Å². The van der Waals surface area contributed by atoms with Crippen LogP contribution in [0.2, 0.25) is 0 Å². The molecule has 128 valence electrons. The molecule has 1 heterocycles. The molecule has 0 N–H and O–H groups in total. The first kappa shape index (κ1) is 17.6. The number of hydrogen-bond acceptors (Lipinski definition) is 5. The van der Waals surface area contributed by atoms with Crippen LogP contribution in [0.3, 0.4) is 0 Å². The number of hydrogen-bond donors (Lipinski definition) is 0. The highest BCUT2D eigenvalue weighted by Gasteiger charge is 2.53. The molecule has 23 heavy (non-hydrogen) atoms. The fourth-order valence-corrected chi connectivity index (χ4v) is 3.60. The summed E-state index contributed by atoms with van der Waals surface area (Å²) in [5, 5.41) is 0. The van der Waals surface area contributed by atoms with Gasteiger partial charge in [0, 0.05) is 30.4 Å². The minimum atomic E-state index is -0.896. The summed E-state index contributed by atoms with van der Waals surface area (Å²) in [4.78, 5) is 29.6. The number of ether oxygens (including phenoxy) is 1. The van der Waals surface area contributed by atoms with Crippen LogP contribution in [-0.2, 0) is 14.3 Å². The number of methoxy groups -OCH3 is 1. The minimum absolute atomic E-state index is 0.0490. The Kier molecular flexibility index (Phi) is 4.60. The van der Waals surface area contributed by atoms with Gasteiger partial charge in [0.1, 0.15) is 5.82 Å². The molecule has 5 nitrogen and oxygen atoms in total. The van der Waals surface area contributed by atoms with E-state index in [0.717, 1.165) is 5.82 Å². The van der Waals surface area contributed by atoms with Crippen LogP contribution in [0, 0.1) is 11.3 Å². The number of carbonyl (C=O) groups is 2. The summed E-state index contributed by atoms with van der Waals surface area (Å²) in [6, 6.07) is 0.395. The highest BCUT2D eigenvalue weighted by molar-refractivity contribution is 6.07. The zero-order valence-electron chi connectivity index (χ0n) is 15.2. The van der Waals surface area contributed by atoms with Crippen molar-refractivity contribution in [1.29, 1.82) is 0 Å². The lowest BCUT2D eigenvalue weighted by atomic mass is 9.83. The Hall–Kier alpha value is -1.78. The predicted octanol–water partition coefficient (Wildman–Crippen LogP) is 2.89. The second kappa shape index (κ2) is 6.02. The minimum Gasteiger partial charge on any atom is -0.468 e. The standard InChI is InChI=1S/C18H28N2O3/c1-11(2)19-8-9-20(12(3)4)16(19)14-15(21)13(5)10-18(14,6)17(22)23-7/h8-9,11-13H,10H2,1-7H3/t13-,18+/m0/s1. The van der Waals surface area contributed by atoms with Gasteiger partial charge in [-0.1, -0.05) is 6.92 Å². The fraction of sp³-hybridized carbons (Fsp3) is 0.667. The van der Waals surface area contributed by atoms with Gasteiger partial charge in [-0.3, -0.25) is 9.59 Å². The van der Waals surface area contributed by atoms with E-state index in [1.807, 2.05) is 26.2 Å². The first-order valence-corrected chi connectivity index (χ1v) is 8.27. The highest BCUT2D eigenvalue weighted by Crippen LogP contribution is 2.48. The molecule has 1 aliphatic carbocycles. The summed E-state index contributed by atoms with van der Waals surface area (Å²) in [5.41, 5.74) is -0.309. The number of Topliss-reactive ketones (excluding diaryl/α,β-unsaturated/α-hetero) is 1. The van der Waals surface area contributed by atoms with E-state index in [1.54, 1.807) is 0 Å². The largest absolute Gasteiger partial charge is 0.468 e. The van der Waals surface area contributed by atoms with Crippen molar-refractivity contribution >= 4 is 11.8 Å². The molecule has 0 saturated heterocycles. The Morgan fingerprint density at radius 2 is 1.70 bits per heavy atom. The maximum Gasteiger partial charge on any atom is 0.316 e. The molecule has 2 rings (SSSR count). The molecule has 1 fully saturated rings. The molecular weight excluding hydrogens is 292 g/mol. The van der Waals surface area contributed by atoms with Crippen molar-refractivity contribution in [1.82, 2.24) is 9.80 Å². The predicted molar refractivity (Wildman–Crippen MR) is 89.0 cm³/mol. The first-order valence-electron chi connectivity index (χ1n) is 8.27. The van der Waals surface area contributed by atoms with Gasteiger partial charge < -0.3 is 14.5 Å². The molecule has 0 aromatic rings. The lowest BCUT2D eigenvalue weighted by Gasteiger charge is -2.34. The van der Waals surface area contributed by atoms with E-state index in [0.29, 0.717) is 12.0 Å². The fourth-order valence-electron chi connectivity index (χ4n) is 3.60. The second-order valence-electron chi connectivity index (χ2n) is 7.29. The van der Waals surface area contributed by atoms with Crippen LogP contribution in [0.25, 0.3) is 0 Å². The average Bonchev–Trinajstić information content (AvgIpc) is 2.99. The summed E-state index contributed by atoms with van der Waals surface area (Å²) in [6.07, 6.45) is 4.47. The van der Waals surface area contributed by atoms with Crippen LogP contribution >= 0.6 is 0 Å². The number of nitrogens with zero attached hydrogens (tertiary/aromatic N) is 2. The zero-order chi connectivity index (χ0) is 17.5. The Morgan fingerprint density at radius 3 is 2.09 bits per heavy atom. The summed E-state index contributed by atoms with van der Waals surface area (Å²) in [7, 11) is 1.39. The normalized spacial score (nSPS) is 27.9. The molecule has 2 atom stereocenters. The first-order chi connectivity index (χ1) is 10.6. The molecule has 5 heteroatoms. The van der Waals surface area contributed by atoms with Gasteiger partial charge in [-0.2, -0.15) is 0 Å². The summed E-state index contributed by atoms with van der Waals surface area (Å²) >= 11 is 0. The molecular formula is C18H28N2O3. The van der Waals surface area contributed by atoms with Gasteiger partial charge in [0.25, 0.3) is 0 Å². The summed E-state index contributed by atoms with van der Waals surface area (Å²) < 4.78 is 5.03. The SMILES string of the molecule is COC(=O)[C@]1(C)C[C@H](C)C(=O)C1=C1N(C(C)C)C=CN1C(C)C. The molecule has 0 unspecified atom stereocenters. The van der Waals surface area contributed by atoms with Crippen molar-refractivity contribution in [3.63, 3.8) is 0 Å². The van der Waals surface area contributed by atoms with Crippen molar-refractivity contribution in [2.45, 2.75) is 60.0 Å². The lowest BCUT2D eigenvalue weighted by molar-refractivity contribution is -0.149. The van der Waals surface area contributed by atoms with Gasteiger partial charge >= 0.3 is 5.97 Å². The highest BCUT2D eigenvalue weighted by atomic mass is 16.5. The van der Waals surface area contributed by atoms with Crippen LogP contribution in [-0.4, -0.2) is 40.7 Å². The number of carbonyl (C=O) groups excluding carboxylic acids is 2. The number of ketones is 1. The summed E-state index contributed by atoms with van der Waals surface area (Å²) in [5.74, 6) is 0.368. The van der Waals surface area contributed by atoms with Crippen LogP contribution in [0.4, 0.5) is 0 Å². The molecule has 0 bridgehead atoms. The van der Waals surface area contributed by atoms with Gasteiger partial charge in [-0.25, -0.2) is 0 Å². The Labute approximate surface area is 139 Å². The van der Waals surface area contributed by atoms with E-state index in [9.17, 15) is 9.59 Å². The maximum absolute atomic E-state index is 12.9. The molecule has 0 amide bonds. The van der Waals surface area contributed by atoms with Gasteiger partial charge in [0.2, 0.25) is 0 Å². The average molecular weight is 320 g/mol. The van der Waals surface area contributed by atoms with E-state index in [1.165, 1.54) is 7.11 Å². The third-order valence-electron chi connectivity index (χ3n) is 4.81. The molecule has 2 aliphatic rings. The van der Waals surface area contributed by atoms with E-state index >= 15 is 0 Å². The van der Waals surface area contributed by atoms with Crippen molar-refractivity contribution < 1.29 is 14.3 Å². The van der Waals surface area contributed by atoms with Gasteiger partial charge in [-0.15, -0.1) is 0 Å². The lowest BCUT2D eigenvalue weighted by Crippen LogP contribution is -2.38. The third kappa shape index (κ3) is 2.66. The van der Waals surface area contributed by atoms with Crippen LogP contribution in [0.15, 0.2) is 23.8 Å². The molecule has 0 aromatic carbocycles. The van der Waals surface area contributed by atoms with E-state index in [4.69, 9.17) is 4.74 Å². The zero-order valence-corrected chi connectivity index (χ0v) is 15.2. The Bertz CT molecular complexity index is 557. The summed E-state index contributed by atoms with van der Waals surface area (Å²) in [6.45, 7) is 12.0. The molecule has 1 saturated carbocycles. The molecule has 0 radical (unpaired) electrons. The van der Waals surface area contributed by atoms with E-state index in [2.05, 4.69) is 37.5 Å². The van der Waals surface area contributed by atoms with Crippen molar-refractivity contribution in [2.24, 2.45) is 11.3 Å². The van der Waals surface area contributed by atoms with E-state index < -0.39 is 5.41 Å². The van der Waals surface area contributed by atoms with Crippen LogP contribution in [0.5, 0.6) is 0 Å². The number of esters is 1. The second-order valence-corrected chi connectivity index (χ2v) is 7.29. The Balaban J connectivity index is 2.69. The maximum atomic E-state index is 12.9. The van der Waals surface area contributed by atoms with Crippen molar-refractivity contribution in [3.8, 4) is 0 Å². The number of rotatable bonds is 3. The van der Waals surface area contributed by atoms with Gasteiger partial charge in [-0.05, 0) is 41.0 Å². The molecule has 0 spiro atoms. The van der Waals surface area contributed by atoms with E-state index in [-0.39, 0.29) is 29.8 Å². The Morgan fingerprint density at radius 1 is 1.22 bits per heavy atom. The van der Waals surface area contributed by atoms with Gasteiger partial charge in [0.15, 0.2) is 5.78 Å². The van der Waals surface area contributed by atoms with Gasteiger partial charge in [0.05, 0.1) is 18.1 Å². The monoisotopic (exact) mass is 320 g/mol. The molecule has 1 aliphatic heterocycles. The quantitative estimate of drug-likeness (QED) is 0.591. The topological polar surface area (TPSA) is 49.9 Å².